The maximum Gasteiger partial charge on any atom is 0.272 e. The van der Waals surface area contributed by atoms with Crippen LogP contribution in [0.2, 0.25) is 0 Å². The van der Waals surface area contributed by atoms with Crippen LogP contribution in [0.3, 0.4) is 0 Å². The number of amides is 2. The van der Waals surface area contributed by atoms with E-state index < -0.39 is 11.4 Å². The highest BCUT2D eigenvalue weighted by Crippen LogP contribution is 2.12. The minimum atomic E-state index is -1.09. The van der Waals surface area contributed by atoms with E-state index in [1.165, 1.54) is 0 Å². The number of anilines is 1. The van der Waals surface area contributed by atoms with Crippen molar-refractivity contribution in [1.29, 1.82) is 0 Å². The van der Waals surface area contributed by atoms with Crippen LogP contribution >= 0.6 is 0 Å². The number of nitrogens with zero attached hydrogens (tertiary/aromatic N) is 2. The molecule has 0 aliphatic rings. The summed E-state index contributed by atoms with van der Waals surface area (Å²) in [5, 5.41) is 9.80. The number of benzene rings is 2. The van der Waals surface area contributed by atoms with Gasteiger partial charge in [-0.25, -0.2) is 4.68 Å². The molecular weight excluding hydrogens is 328 g/mol. The summed E-state index contributed by atoms with van der Waals surface area (Å²) in [5.41, 5.74) is 0.680. The molecule has 132 valence electrons. The number of rotatable bonds is 5. The summed E-state index contributed by atoms with van der Waals surface area (Å²) in [4.78, 5) is 25.0. The Labute approximate surface area is 151 Å². The molecule has 0 fully saturated rings. The van der Waals surface area contributed by atoms with Gasteiger partial charge in [0.2, 0.25) is 5.91 Å². The number of nitrogens with one attached hydrogen (secondary N) is 2. The second-order valence-electron chi connectivity index (χ2n) is 6.38. The maximum atomic E-state index is 12.5. The molecule has 6 nitrogen and oxygen atoms in total. The first kappa shape index (κ1) is 17.4. The largest absolute Gasteiger partial charge is 0.337 e. The zero-order chi connectivity index (χ0) is 18.6. The van der Waals surface area contributed by atoms with E-state index in [2.05, 4.69) is 15.7 Å². The van der Waals surface area contributed by atoms with Gasteiger partial charge in [0.05, 0.1) is 5.69 Å². The molecule has 3 rings (SSSR count). The van der Waals surface area contributed by atoms with Crippen LogP contribution in [-0.2, 0) is 4.79 Å². The van der Waals surface area contributed by atoms with E-state index in [9.17, 15) is 9.59 Å². The molecule has 0 atom stereocenters. The highest BCUT2D eigenvalue weighted by molar-refractivity contribution is 6.02. The molecule has 0 saturated heterocycles. The fraction of sp³-hybridized carbons (Fsp3) is 0.150. The van der Waals surface area contributed by atoms with Crippen LogP contribution in [0.5, 0.6) is 0 Å². The number of aromatic nitrogens is 2. The van der Waals surface area contributed by atoms with Crippen LogP contribution in [0.4, 0.5) is 5.69 Å². The minimum Gasteiger partial charge on any atom is -0.337 e. The lowest BCUT2D eigenvalue weighted by Gasteiger charge is -2.24. The van der Waals surface area contributed by atoms with Crippen LogP contribution < -0.4 is 10.6 Å². The number of hydrogen-bond donors (Lipinski definition) is 2. The predicted octanol–water partition coefficient (Wildman–Crippen LogP) is 3.02. The molecule has 0 spiro atoms. The normalized spacial score (nSPS) is 11.0. The second-order valence-corrected chi connectivity index (χ2v) is 6.38. The summed E-state index contributed by atoms with van der Waals surface area (Å²) >= 11 is 0. The average Bonchev–Trinajstić information content (AvgIpc) is 3.13. The molecule has 1 heterocycles. The number of carbonyl (C=O) groups excluding carboxylic acids is 2. The summed E-state index contributed by atoms with van der Waals surface area (Å²) < 4.78 is 1.62. The summed E-state index contributed by atoms with van der Waals surface area (Å²) in [6.45, 7) is 3.30. The smallest absolute Gasteiger partial charge is 0.272 e. The molecule has 0 bridgehead atoms. The monoisotopic (exact) mass is 348 g/mol. The van der Waals surface area contributed by atoms with Crippen molar-refractivity contribution >= 4 is 17.5 Å². The Balaban J connectivity index is 1.68. The lowest BCUT2D eigenvalue weighted by Crippen LogP contribution is -2.52. The summed E-state index contributed by atoms with van der Waals surface area (Å²) in [6, 6.07) is 20.2. The molecule has 0 saturated carbocycles. The Kier molecular flexibility index (Phi) is 4.84. The van der Waals surface area contributed by atoms with Gasteiger partial charge >= 0.3 is 0 Å². The molecule has 0 radical (unpaired) electrons. The minimum absolute atomic E-state index is 0.245. The summed E-state index contributed by atoms with van der Waals surface area (Å²) in [5.74, 6) is -0.715. The van der Waals surface area contributed by atoms with Gasteiger partial charge in [-0.05, 0) is 44.2 Å². The first-order valence-electron chi connectivity index (χ1n) is 8.26. The van der Waals surface area contributed by atoms with Crippen LogP contribution in [0.15, 0.2) is 72.9 Å². The zero-order valence-electron chi connectivity index (χ0n) is 14.6. The van der Waals surface area contributed by atoms with Crippen LogP contribution in [-0.4, -0.2) is 27.1 Å². The number of para-hydroxylation sites is 2. The van der Waals surface area contributed by atoms with E-state index in [0.29, 0.717) is 5.69 Å². The Morgan fingerprint density at radius 2 is 1.54 bits per heavy atom. The van der Waals surface area contributed by atoms with Gasteiger partial charge in [-0.3, -0.25) is 9.59 Å². The van der Waals surface area contributed by atoms with Crippen LogP contribution in [0, 0.1) is 0 Å². The third kappa shape index (κ3) is 3.97. The van der Waals surface area contributed by atoms with Gasteiger partial charge in [0.1, 0.15) is 5.54 Å². The fourth-order valence-corrected chi connectivity index (χ4v) is 2.38. The second kappa shape index (κ2) is 7.23. The number of hydrogen-bond acceptors (Lipinski definition) is 3. The topological polar surface area (TPSA) is 76.0 Å². The van der Waals surface area contributed by atoms with Gasteiger partial charge in [-0.2, -0.15) is 5.10 Å². The lowest BCUT2D eigenvalue weighted by atomic mass is 10.0. The maximum absolute atomic E-state index is 12.5. The molecule has 6 heteroatoms. The van der Waals surface area contributed by atoms with E-state index in [0.717, 1.165) is 5.69 Å². The zero-order valence-corrected chi connectivity index (χ0v) is 14.6. The van der Waals surface area contributed by atoms with Crippen molar-refractivity contribution in [2.45, 2.75) is 19.4 Å². The molecule has 2 N–H and O–H groups in total. The van der Waals surface area contributed by atoms with Crippen LogP contribution in [0.25, 0.3) is 5.69 Å². The van der Waals surface area contributed by atoms with Crippen molar-refractivity contribution in [1.82, 2.24) is 15.1 Å². The first-order chi connectivity index (χ1) is 12.5. The van der Waals surface area contributed by atoms with Crippen molar-refractivity contribution in [3.8, 4) is 5.69 Å². The Morgan fingerprint density at radius 1 is 0.923 bits per heavy atom. The van der Waals surface area contributed by atoms with Gasteiger partial charge in [0.25, 0.3) is 5.91 Å². The molecule has 0 aliphatic carbocycles. The Morgan fingerprint density at radius 3 is 2.19 bits per heavy atom. The van der Waals surface area contributed by atoms with E-state index >= 15 is 0 Å². The van der Waals surface area contributed by atoms with Crippen molar-refractivity contribution in [2.24, 2.45) is 0 Å². The van der Waals surface area contributed by atoms with Gasteiger partial charge in [0.15, 0.2) is 5.69 Å². The van der Waals surface area contributed by atoms with E-state index in [4.69, 9.17) is 0 Å². The standard InChI is InChI=1S/C20H20N4O2/c1-20(2,19(26)21-15-9-5-3-6-10-15)22-18(25)17-13-14-24(23-17)16-11-7-4-8-12-16/h3-14H,1-2H3,(H,21,26)(H,22,25). The number of carbonyl (C=O) groups is 2. The van der Waals surface area contributed by atoms with Crippen LogP contribution in [0.1, 0.15) is 24.3 Å². The van der Waals surface area contributed by atoms with Crippen molar-refractivity contribution in [3.05, 3.63) is 78.6 Å². The summed E-state index contributed by atoms with van der Waals surface area (Å²) in [6.07, 6.45) is 1.71. The van der Waals surface area contributed by atoms with Crippen molar-refractivity contribution < 1.29 is 9.59 Å². The quantitative estimate of drug-likeness (QED) is 0.744. The molecule has 26 heavy (non-hydrogen) atoms. The van der Waals surface area contributed by atoms with Gasteiger partial charge < -0.3 is 10.6 Å². The predicted molar refractivity (Wildman–Crippen MR) is 100 cm³/mol. The highest BCUT2D eigenvalue weighted by atomic mass is 16.2. The molecule has 2 amide bonds. The van der Waals surface area contributed by atoms with E-state index in [1.807, 2.05) is 48.5 Å². The Hall–Kier alpha value is -3.41. The average molecular weight is 348 g/mol. The van der Waals surface area contributed by atoms with Gasteiger partial charge in [0, 0.05) is 11.9 Å². The molecule has 0 unspecified atom stereocenters. The fourth-order valence-electron chi connectivity index (χ4n) is 2.38. The van der Waals surface area contributed by atoms with E-state index in [-0.39, 0.29) is 11.6 Å². The molecule has 3 aromatic rings. The molecule has 0 aliphatic heterocycles. The van der Waals surface area contributed by atoms with E-state index in [1.54, 1.807) is 42.9 Å². The molecule has 2 aromatic carbocycles. The third-order valence-corrected chi connectivity index (χ3v) is 3.87. The highest BCUT2D eigenvalue weighted by Gasteiger charge is 2.30. The molecule has 1 aromatic heterocycles. The first-order valence-corrected chi connectivity index (χ1v) is 8.26. The Bertz CT molecular complexity index is 902. The van der Waals surface area contributed by atoms with Gasteiger partial charge in [-0.15, -0.1) is 0 Å². The third-order valence-electron chi connectivity index (χ3n) is 3.87. The van der Waals surface area contributed by atoms with Gasteiger partial charge in [-0.1, -0.05) is 36.4 Å². The lowest BCUT2D eigenvalue weighted by molar-refractivity contribution is -0.120. The SMILES string of the molecule is CC(C)(NC(=O)c1ccn(-c2ccccc2)n1)C(=O)Nc1ccccc1. The summed E-state index contributed by atoms with van der Waals surface area (Å²) in [7, 11) is 0. The van der Waals surface area contributed by atoms with Crippen molar-refractivity contribution in [2.75, 3.05) is 5.32 Å². The van der Waals surface area contributed by atoms with Crippen molar-refractivity contribution in [3.63, 3.8) is 0 Å². The molecular formula is C20H20N4O2.